The van der Waals surface area contributed by atoms with Crippen LogP contribution in [0.1, 0.15) is 19.8 Å². The summed E-state index contributed by atoms with van der Waals surface area (Å²) >= 11 is 0. The number of rotatable bonds is 4. The van der Waals surface area contributed by atoms with Crippen LogP contribution in [0.5, 0.6) is 6.01 Å². The lowest BCUT2D eigenvalue weighted by molar-refractivity contribution is 0.196. The second kappa shape index (κ2) is 5.16. The van der Waals surface area contributed by atoms with Gasteiger partial charge in [-0.25, -0.2) is 4.98 Å². The van der Waals surface area contributed by atoms with Gasteiger partial charge in [0, 0.05) is 18.9 Å². The molecule has 0 aromatic carbocycles. The smallest absolute Gasteiger partial charge is 0.296 e. The highest BCUT2D eigenvalue weighted by atomic mass is 16.5. The maximum atomic E-state index is 5.73. The Morgan fingerprint density at radius 3 is 3.07 bits per heavy atom. The Kier molecular flexibility index (Phi) is 3.61. The molecular weight excluding hydrogens is 190 g/mol. The van der Waals surface area contributed by atoms with E-state index in [0.29, 0.717) is 5.92 Å². The summed E-state index contributed by atoms with van der Waals surface area (Å²) in [5.74, 6) is 0.688. The van der Waals surface area contributed by atoms with E-state index in [1.165, 1.54) is 12.8 Å². The Hall–Kier alpha value is -1.03. The molecule has 4 heteroatoms. The molecule has 4 nitrogen and oxygen atoms in total. The predicted molar refractivity (Wildman–Crippen MR) is 59.0 cm³/mol. The summed E-state index contributed by atoms with van der Waals surface area (Å²) in [7, 11) is 0. The highest BCUT2D eigenvalue weighted by molar-refractivity contribution is 4.98. The van der Waals surface area contributed by atoms with Crippen LogP contribution < -0.4 is 10.1 Å². The number of piperidine rings is 1. The van der Waals surface area contributed by atoms with Crippen molar-refractivity contribution in [2.75, 3.05) is 19.7 Å². The molecule has 0 saturated carbocycles. The Balaban J connectivity index is 1.81. The molecule has 1 aromatic heterocycles. The van der Waals surface area contributed by atoms with Gasteiger partial charge in [-0.1, -0.05) is 0 Å². The van der Waals surface area contributed by atoms with Gasteiger partial charge in [-0.05, 0) is 38.8 Å². The van der Waals surface area contributed by atoms with Gasteiger partial charge in [-0.2, -0.15) is 0 Å². The van der Waals surface area contributed by atoms with E-state index in [4.69, 9.17) is 4.74 Å². The minimum atomic E-state index is 0.688. The molecule has 1 aromatic rings. The van der Waals surface area contributed by atoms with Crippen molar-refractivity contribution < 1.29 is 4.74 Å². The average Bonchev–Trinajstić information content (AvgIpc) is 2.75. The Morgan fingerprint density at radius 1 is 1.53 bits per heavy atom. The lowest BCUT2D eigenvalue weighted by Gasteiger charge is -2.22. The molecule has 1 saturated heterocycles. The summed E-state index contributed by atoms with van der Waals surface area (Å²) < 4.78 is 7.76. The van der Waals surface area contributed by atoms with E-state index in [1.807, 2.05) is 10.8 Å². The fourth-order valence-corrected chi connectivity index (χ4v) is 1.92. The molecule has 0 aliphatic carbocycles. The third-order valence-corrected chi connectivity index (χ3v) is 2.92. The maximum Gasteiger partial charge on any atom is 0.296 e. The van der Waals surface area contributed by atoms with Gasteiger partial charge in [0.2, 0.25) is 0 Å². The molecule has 1 aliphatic rings. The summed E-state index contributed by atoms with van der Waals surface area (Å²) in [4.78, 5) is 4.20. The largest absolute Gasteiger partial charge is 0.464 e. The molecule has 84 valence electrons. The Morgan fingerprint density at radius 2 is 2.33 bits per heavy atom. The van der Waals surface area contributed by atoms with E-state index < -0.39 is 0 Å². The predicted octanol–water partition coefficient (Wildman–Crippen LogP) is 1.28. The quantitative estimate of drug-likeness (QED) is 0.812. The Bertz CT molecular complexity index is 292. The van der Waals surface area contributed by atoms with Crippen LogP contribution in [0.3, 0.4) is 0 Å². The van der Waals surface area contributed by atoms with E-state index in [9.17, 15) is 0 Å². The van der Waals surface area contributed by atoms with Gasteiger partial charge >= 0.3 is 0 Å². The fraction of sp³-hybridized carbons (Fsp3) is 0.727. The average molecular weight is 209 g/mol. The van der Waals surface area contributed by atoms with Gasteiger partial charge < -0.3 is 14.6 Å². The molecule has 0 spiro atoms. The fourth-order valence-electron chi connectivity index (χ4n) is 1.92. The topological polar surface area (TPSA) is 39.1 Å². The van der Waals surface area contributed by atoms with E-state index in [2.05, 4.69) is 17.2 Å². The molecule has 15 heavy (non-hydrogen) atoms. The lowest BCUT2D eigenvalue weighted by Crippen LogP contribution is -2.30. The first-order valence-electron chi connectivity index (χ1n) is 5.74. The number of ether oxygens (including phenoxy) is 1. The summed E-state index contributed by atoms with van der Waals surface area (Å²) in [6.07, 6.45) is 6.18. The summed E-state index contributed by atoms with van der Waals surface area (Å²) in [5.41, 5.74) is 0. The Labute approximate surface area is 90.6 Å². The van der Waals surface area contributed by atoms with Gasteiger partial charge in [-0.15, -0.1) is 0 Å². The molecule has 0 radical (unpaired) electrons. The van der Waals surface area contributed by atoms with Crippen LogP contribution in [0, 0.1) is 5.92 Å². The molecule has 2 rings (SSSR count). The number of nitrogens with one attached hydrogen (secondary N) is 1. The van der Waals surface area contributed by atoms with E-state index in [0.717, 1.165) is 32.3 Å². The van der Waals surface area contributed by atoms with E-state index in [1.54, 1.807) is 6.20 Å². The van der Waals surface area contributed by atoms with Crippen LogP contribution in [-0.4, -0.2) is 29.2 Å². The highest BCUT2D eigenvalue weighted by Gasteiger charge is 2.14. The first-order chi connectivity index (χ1) is 7.40. The second-order valence-electron chi connectivity index (χ2n) is 4.00. The van der Waals surface area contributed by atoms with Crippen molar-refractivity contribution in [2.24, 2.45) is 5.92 Å². The number of aromatic nitrogens is 2. The molecule has 1 fully saturated rings. The molecule has 1 N–H and O–H groups in total. The minimum absolute atomic E-state index is 0.688. The van der Waals surface area contributed by atoms with Crippen LogP contribution in [0.15, 0.2) is 12.4 Å². The third kappa shape index (κ3) is 2.72. The van der Waals surface area contributed by atoms with Crippen molar-refractivity contribution in [1.82, 2.24) is 14.9 Å². The molecule has 0 atom stereocenters. The van der Waals surface area contributed by atoms with Crippen LogP contribution in [0.2, 0.25) is 0 Å². The minimum Gasteiger partial charge on any atom is -0.464 e. The monoisotopic (exact) mass is 209 g/mol. The normalized spacial score (nSPS) is 17.9. The second-order valence-corrected chi connectivity index (χ2v) is 4.00. The number of nitrogens with zero attached hydrogens (tertiary/aromatic N) is 2. The van der Waals surface area contributed by atoms with Crippen LogP contribution in [0.25, 0.3) is 0 Å². The summed E-state index contributed by atoms with van der Waals surface area (Å²) in [6.45, 7) is 6.06. The van der Waals surface area contributed by atoms with Gasteiger partial charge in [0.1, 0.15) is 0 Å². The van der Waals surface area contributed by atoms with Crippen molar-refractivity contribution in [3.05, 3.63) is 12.4 Å². The highest BCUT2D eigenvalue weighted by Crippen LogP contribution is 2.14. The van der Waals surface area contributed by atoms with Gasteiger partial charge in [0.15, 0.2) is 0 Å². The van der Waals surface area contributed by atoms with E-state index in [-0.39, 0.29) is 0 Å². The first-order valence-corrected chi connectivity index (χ1v) is 5.74. The van der Waals surface area contributed by atoms with Crippen LogP contribution in [-0.2, 0) is 6.54 Å². The van der Waals surface area contributed by atoms with Crippen LogP contribution >= 0.6 is 0 Å². The van der Waals surface area contributed by atoms with Crippen LogP contribution in [0.4, 0.5) is 0 Å². The number of hydrogen-bond donors (Lipinski definition) is 1. The van der Waals surface area contributed by atoms with Crippen molar-refractivity contribution in [3.8, 4) is 6.01 Å². The lowest BCUT2D eigenvalue weighted by atomic mass is 9.99. The van der Waals surface area contributed by atoms with Gasteiger partial charge in [0.25, 0.3) is 6.01 Å². The zero-order valence-corrected chi connectivity index (χ0v) is 9.28. The van der Waals surface area contributed by atoms with Crippen molar-refractivity contribution in [2.45, 2.75) is 26.3 Å². The number of imidazole rings is 1. The van der Waals surface area contributed by atoms with Gasteiger partial charge in [-0.3, -0.25) is 0 Å². The molecule has 2 heterocycles. The van der Waals surface area contributed by atoms with Gasteiger partial charge in [0.05, 0.1) is 6.61 Å². The number of aryl methyl sites for hydroxylation is 1. The zero-order chi connectivity index (χ0) is 10.5. The molecule has 1 aliphatic heterocycles. The standard InChI is InChI=1S/C11H19N3O/c1-2-14-8-7-13-11(14)15-9-10-3-5-12-6-4-10/h7-8,10,12H,2-6,9H2,1H3. The summed E-state index contributed by atoms with van der Waals surface area (Å²) in [5, 5.41) is 3.35. The van der Waals surface area contributed by atoms with Crippen molar-refractivity contribution in [3.63, 3.8) is 0 Å². The molecule has 0 amide bonds. The van der Waals surface area contributed by atoms with Crippen molar-refractivity contribution in [1.29, 1.82) is 0 Å². The summed E-state index contributed by atoms with van der Waals surface area (Å²) in [6, 6.07) is 0.760. The van der Waals surface area contributed by atoms with E-state index >= 15 is 0 Å². The third-order valence-electron chi connectivity index (χ3n) is 2.92. The molecule has 0 unspecified atom stereocenters. The molecule has 0 bridgehead atoms. The number of hydrogen-bond acceptors (Lipinski definition) is 3. The van der Waals surface area contributed by atoms with Crippen molar-refractivity contribution >= 4 is 0 Å². The zero-order valence-electron chi connectivity index (χ0n) is 9.28. The first kappa shape index (κ1) is 10.5. The molecular formula is C11H19N3O. The SMILES string of the molecule is CCn1ccnc1OCC1CCNCC1. The maximum absolute atomic E-state index is 5.73.